The molecule has 22 heavy (non-hydrogen) atoms. The summed E-state index contributed by atoms with van der Waals surface area (Å²) in [5.41, 5.74) is 1.61. The van der Waals surface area contributed by atoms with Crippen molar-refractivity contribution in [3.8, 4) is 5.75 Å². The van der Waals surface area contributed by atoms with Crippen molar-refractivity contribution in [3.05, 3.63) is 63.6 Å². The van der Waals surface area contributed by atoms with Gasteiger partial charge in [0.2, 0.25) is 0 Å². The fourth-order valence-corrected chi connectivity index (χ4v) is 2.23. The molecule has 2 aromatic rings. The Balaban J connectivity index is 1.96. The Morgan fingerprint density at radius 2 is 1.73 bits per heavy atom. The third-order valence-corrected chi connectivity index (χ3v) is 3.76. The van der Waals surface area contributed by atoms with Crippen molar-refractivity contribution in [1.29, 1.82) is 0 Å². The van der Waals surface area contributed by atoms with Crippen molar-refractivity contribution in [2.24, 2.45) is 0 Å². The monoisotopic (exact) mass is 337 g/mol. The molecule has 0 fully saturated rings. The highest BCUT2D eigenvalue weighted by atomic mass is 35.5. The molecule has 0 radical (unpaired) electrons. The number of ether oxygens (including phenoxy) is 1. The highest BCUT2D eigenvalue weighted by Gasteiger charge is 2.07. The zero-order valence-electron chi connectivity index (χ0n) is 12.5. The van der Waals surface area contributed by atoms with Gasteiger partial charge in [-0.3, -0.25) is 4.79 Å². The van der Waals surface area contributed by atoms with E-state index in [4.69, 9.17) is 27.9 Å². The summed E-state index contributed by atoms with van der Waals surface area (Å²) < 4.78 is 5.68. The molecule has 0 aliphatic carbocycles. The standard InChI is InChI=1S/C17H17Cl2NO2/c1-20(2)10-17(21)13-4-6-14(7-5-13)22-11-12-3-8-15(18)16(19)9-12/h3-9H,10-11H2,1-2H3. The summed E-state index contributed by atoms with van der Waals surface area (Å²) in [5, 5.41) is 1.03. The second kappa shape index (κ2) is 7.63. The molecule has 0 N–H and O–H groups in total. The molecule has 0 atom stereocenters. The van der Waals surface area contributed by atoms with Crippen LogP contribution in [0, 0.1) is 0 Å². The molecule has 0 aromatic heterocycles. The number of Topliss-reactive ketones (excluding diaryl/α,β-unsaturated/α-hetero) is 1. The van der Waals surface area contributed by atoms with Crippen molar-refractivity contribution >= 4 is 29.0 Å². The number of hydrogen-bond donors (Lipinski definition) is 0. The smallest absolute Gasteiger partial charge is 0.176 e. The second-order valence-electron chi connectivity index (χ2n) is 5.22. The summed E-state index contributed by atoms with van der Waals surface area (Å²) in [5.74, 6) is 0.786. The molecule has 0 unspecified atom stereocenters. The molecule has 0 heterocycles. The van der Waals surface area contributed by atoms with Gasteiger partial charge in [-0.25, -0.2) is 0 Å². The summed E-state index contributed by atoms with van der Waals surface area (Å²) in [6.07, 6.45) is 0. The van der Waals surface area contributed by atoms with Gasteiger partial charge in [-0.1, -0.05) is 29.3 Å². The minimum atomic E-state index is 0.0843. The first-order valence-corrected chi connectivity index (χ1v) is 7.56. The van der Waals surface area contributed by atoms with E-state index >= 15 is 0 Å². The number of carbonyl (C=O) groups excluding carboxylic acids is 1. The van der Waals surface area contributed by atoms with E-state index in [1.807, 2.05) is 25.1 Å². The number of benzene rings is 2. The largest absolute Gasteiger partial charge is 0.489 e. The first-order valence-electron chi connectivity index (χ1n) is 6.80. The van der Waals surface area contributed by atoms with E-state index in [9.17, 15) is 4.79 Å². The number of likely N-dealkylation sites (N-methyl/N-ethyl adjacent to an activating group) is 1. The summed E-state index contributed by atoms with van der Waals surface area (Å²) in [6.45, 7) is 0.783. The lowest BCUT2D eigenvalue weighted by Gasteiger charge is -2.10. The van der Waals surface area contributed by atoms with Crippen LogP contribution < -0.4 is 4.74 Å². The number of nitrogens with zero attached hydrogens (tertiary/aromatic N) is 1. The van der Waals surface area contributed by atoms with Gasteiger partial charge in [0.05, 0.1) is 16.6 Å². The van der Waals surface area contributed by atoms with E-state index in [0.29, 0.717) is 34.5 Å². The fourth-order valence-electron chi connectivity index (χ4n) is 1.91. The number of hydrogen-bond acceptors (Lipinski definition) is 3. The molecule has 3 nitrogen and oxygen atoms in total. The molecule has 0 spiro atoms. The van der Waals surface area contributed by atoms with Crippen LogP contribution >= 0.6 is 23.2 Å². The molecule has 5 heteroatoms. The van der Waals surface area contributed by atoms with Crippen molar-refractivity contribution in [3.63, 3.8) is 0 Å². The van der Waals surface area contributed by atoms with Crippen LogP contribution in [0.2, 0.25) is 10.0 Å². The average molecular weight is 338 g/mol. The normalized spacial score (nSPS) is 10.8. The predicted octanol–water partition coefficient (Wildman–Crippen LogP) is 4.32. The maximum absolute atomic E-state index is 11.9. The van der Waals surface area contributed by atoms with E-state index in [-0.39, 0.29) is 5.78 Å². The number of rotatable bonds is 6. The van der Waals surface area contributed by atoms with E-state index < -0.39 is 0 Å². The SMILES string of the molecule is CN(C)CC(=O)c1ccc(OCc2ccc(Cl)c(Cl)c2)cc1. The van der Waals surface area contributed by atoms with Gasteiger partial charge in [-0.05, 0) is 56.1 Å². The van der Waals surface area contributed by atoms with Crippen LogP contribution in [0.15, 0.2) is 42.5 Å². The van der Waals surface area contributed by atoms with Crippen molar-refractivity contribution in [1.82, 2.24) is 4.90 Å². The Morgan fingerprint density at radius 1 is 1.05 bits per heavy atom. The molecule has 0 aliphatic rings. The third kappa shape index (κ3) is 4.73. The molecule has 0 bridgehead atoms. The minimum absolute atomic E-state index is 0.0843. The number of ketones is 1. The molecular weight excluding hydrogens is 321 g/mol. The molecule has 2 rings (SSSR count). The topological polar surface area (TPSA) is 29.5 Å². The first-order chi connectivity index (χ1) is 10.5. The Kier molecular flexibility index (Phi) is 5.83. The van der Waals surface area contributed by atoms with Gasteiger partial charge >= 0.3 is 0 Å². The maximum atomic E-state index is 11.9. The van der Waals surface area contributed by atoms with Crippen molar-refractivity contribution < 1.29 is 9.53 Å². The Hall–Kier alpha value is -1.55. The van der Waals surface area contributed by atoms with E-state index in [2.05, 4.69) is 0 Å². The third-order valence-electron chi connectivity index (χ3n) is 3.03. The molecule has 0 saturated carbocycles. The maximum Gasteiger partial charge on any atom is 0.176 e. The highest BCUT2D eigenvalue weighted by molar-refractivity contribution is 6.42. The Labute approximate surface area is 140 Å². The first kappa shape index (κ1) is 16.8. The van der Waals surface area contributed by atoms with Gasteiger partial charge < -0.3 is 9.64 Å². The predicted molar refractivity (Wildman–Crippen MR) is 90.1 cm³/mol. The van der Waals surface area contributed by atoms with Gasteiger partial charge in [-0.15, -0.1) is 0 Å². The summed E-state index contributed by atoms with van der Waals surface area (Å²) >= 11 is 11.8. The minimum Gasteiger partial charge on any atom is -0.489 e. The quantitative estimate of drug-likeness (QED) is 0.735. The Morgan fingerprint density at radius 3 is 2.32 bits per heavy atom. The molecule has 0 amide bonds. The van der Waals surface area contributed by atoms with Crippen LogP contribution in [0.25, 0.3) is 0 Å². The van der Waals surface area contributed by atoms with E-state index in [1.165, 1.54) is 0 Å². The van der Waals surface area contributed by atoms with Gasteiger partial charge in [-0.2, -0.15) is 0 Å². The molecular formula is C17H17Cl2NO2. The van der Waals surface area contributed by atoms with Crippen molar-refractivity contribution in [2.75, 3.05) is 20.6 Å². The zero-order valence-corrected chi connectivity index (χ0v) is 14.0. The second-order valence-corrected chi connectivity index (χ2v) is 6.04. The fraction of sp³-hybridized carbons (Fsp3) is 0.235. The molecule has 0 aliphatic heterocycles. The van der Waals surface area contributed by atoms with Crippen LogP contribution in [0.4, 0.5) is 0 Å². The van der Waals surface area contributed by atoms with E-state index in [1.54, 1.807) is 36.4 Å². The van der Waals surface area contributed by atoms with Crippen molar-refractivity contribution in [2.45, 2.75) is 6.61 Å². The van der Waals surface area contributed by atoms with Crippen LogP contribution in [0.1, 0.15) is 15.9 Å². The average Bonchev–Trinajstić information content (AvgIpc) is 2.48. The molecule has 116 valence electrons. The Bertz CT molecular complexity index is 654. The van der Waals surface area contributed by atoms with E-state index in [0.717, 1.165) is 5.56 Å². The molecule has 0 saturated heterocycles. The van der Waals surface area contributed by atoms with Crippen LogP contribution in [0.5, 0.6) is 5.75 Å². The summed E-state index contributed by atoms with van der Waals surface area (Å²) in [7, 11) is 3.74. The van der Waals surface area contributed by atoms with Gasteiger partial charge in [0.1, 0.15) is 12.4 Å². The van der Waals surface area contributed by atoms with Crippen LogP contribution in [0.3, 0.4) is 0 Å². The number of halogens is 2. The summed E-state index contributed by atoms with van der Waals surface area (Å²) in [6, 6.07) is 12.5. The lowest BCUT2D eigenvalue weighted by molar-refractivity contribution is 0.0958. The lowest BCUT2D eigenvalue weighted by Crippen LogP contribution is -2.21. The van der Waals surface area contributed by atoms with Gasteiger partial charge in [0.25, 0.3) is 0 Å². The van der Waals surface area contributed by atoms with Gasteiger partial charge in [0.15, 0.2) is 5.78 Å². The van der Waals surface area contributed by atoms with Crippen LogP contribution in [-0.4, -0.2) is 31.3 Å². The lowest BCUT2D eigenvalue weighted by atomic mass is 10.1. The highest BCUT2D eigenvalue weighted by Crippen LogP contribution is 2.23. The molecule has 2 aromatic carbocycles. The van der Waals surface area contributed by atoms with Crippen LogP contribution in [-0.2, 0) is 6.61 Å². The zero-order chi connectivity index (χ0) is 16.1. The van der Waals surface area contributed by atoms with Gasteiger partial charge in [0, 0.05) is 5.56 Å². The summed E-state index contributed by atoms with van der Waals surface area (Å²) in [4.78, 5) is 13.7. The number of carbonyl (C=O) groups is 1.